The fraction of sp³-hybridized carbons (Fsp3) is 0.455. The molecule has 0 aliphatic carbocycles. The van der Waals surface area contributed by atoms with Crippen LogP contribution in [0.3, 0.4) is 0 Å². The van der Waals surface area contributed by atoms with Crippen molar-refractivity contribution in [2.75, 3.05) is 0 Å². The maximum Gasteiger partial charge on any atom is 0.294 e. The topological polar surface area (TPSA) is 52.4 Å². The average Bonchev–Trinajstić information content (AvgIpc) is 2.14. The monoisotopic (exact) mass is 209 g/mol. The van der Waals surface area contributed by atoms with E-state index in [-0.39, 0.29) is 6.61 Å². The van der Waals surface area contributed by atoms with Crippen LogP contribution in [0.5, 0.6) is 0 Å². The van der Waals surface area contributed by atoms with E-state index in [1.165, 1.54) is 0 Å². The molecule has 0 aliphatic heterocycles. The first-order chi connectivity index (χ1) is 6.93. The quantitative estimate of drug-likeness (QED) is 0.568. The largest absolute Gasteiger partial charge is 0.309 e. The van der Waals surface area contributed by atoms with Gasteiger partial charge in [0.2, 0.25) is 0 Å². The van der Waals surface area contributed by atoms with Gasteiger partial charge in [0.05, 0.1) is 0 Å². The summed E-state index contributed by atoms with van der Waals surface area (Å²) in [5.74, 6) is 0. The van der Waals surface area contributed by atoms with Gasteiger partial charge in [-0.15, -0.1) is 10.1 Å². The van der Waals surface area contributed by atoms with Gasteiger partial charge in [-0.2, -0.15) is 0 Å². The Balaban J connectivity index is 3.09. The van der Waals surface area contributed by atoms with E-state index < -0.39 is 5.09 Å². The lowest BCUT2D eigenvalue weighted by Gasteiger charge is -2.14. The predicted octanol–water partition coefficient (Wildman–Crippen LogP) is 2.63. The Morgan fingerprint density at radius 3 is 2.07 bits per heavy atom. The van der Waals surface area contributed by atoms with E-state index >= 15 is 0 Å². The Hall–Kier alpha value is -1.58. The summed E-state index contributed by atoms with van der Waals surface area (Å²) in [6, 6.07) is 2.08. The Bertz CT molecular complexity index is 373. The first kappa shape index (κ1) is 11.5. The number of nitrogens with zero attached hydrogens (tertiary/aromatic N) is 1. The molecule has 0 saturated carbocycles. The van der Waals surface area contributed by atoms with Gasteiger partial charge in [-0.3, -0.25) is 0 Å². The Labute approximate surface area is 89.0 Å². The second-order valence-electron chi connectivity index (χ2n) is 3.74. The van der Waals surface area contributed by atoms with Crippen molar-refractivity contribution in [2.24, 2.45) is 0 Å². The second kappa shape index (κ2) is 4.29. The summed E-state index contributed by atoms with van der Waals surface area (Å²) in [7, 11) is 0. The third-order valence-corrected chi connectivity index (χ3v) is 2.84. The zero-order chi connectivity index (χ0) is 11.6. The van der Waals surface area contributed by atoms with Gasteiger partial charge < -0.3 is 4.84 Å². The van der Waals surface area contributed by atoms with Crippen LogP contribution in [0.2, 0.25) is 0 Å². The van der Waals surface area contributed by atoms with Crippen molar-refractivity contribution in [1.29, 1.82) is 0 Å². The molecule has 4 heteroatoms. The summed E-state index contributed by atoms with van der Waals surface area (Å²) in [6.45, 7) is 7.95. The molecule has 0 atom stereocenters. The van der Waals surface area contributed by atoms with Gasteiger partial charge in [0.15, 0.2) is 0 Å². The molecule has 0 unspecified atom stereocenters. The lowest BCUT2D eigenvalue weighted by atomic mass is 9.95. The molecule has 0 radical (unpaired) electrons. The third kappa shape index (κ3) is 2.46. The molecule has 0 fully saturated rings. The molecule has 0 spiro atoms. The molecule has 0 amide bonds. The van der Waals surface area contributed by atoms with Crippen LogP contribution in [0.4, 0.5) is 0 Å². The highest BCUT2D eigenvalue weighted by Crippen LogP contribution is 2.22. The van der Waals surface area contributed by atoms with Gasteiger partial charge in [0.1, 0.15) is 6.61 Å². The zero-order valence-corrected chi connectivity index (χ0v) is 9.46. The van der Waals surface area contributed by atoms with Crippen molar-refractivity contribution in [3.8, 4) is 0 Å². The molecule has 0 aliphatic rings. The van der Waals surface area contributed by atoms with Gasteiger partial charge in [-0.25, -0.2) is 0 Å². The van der Waals surface area contributed by atoms with Gasteiger partial charge in [-0.05, 0) is 55.5 Å². The number of benzene rings is 1. The lowest BCUT2D eigenvalue weighted by molar-refractivity contribution is -0.763. The summed E-state index contributed by atoms with van der Waals surface area (Å²) < 4.78 is 0. The molecule has 0 saturated heterocycles. The minimum atomic E-state index is -0.753. The maximum atomic E-state index is 10.1. The second-order valence-corrected chi connectivity index (χ2v) is 3.74. The van der Waals surface area contributed by atoms with Crippen LogP contribution < -0.4 is 0 Å². The van der Waals surface area contributed by atoms with Gasteiger partial charge >= 0.3 is 0 Å². The number of hydrogen-bond acceptors (Lipinski definition) is 3. The van der Waals surface area contributed by atoms with E-state index in [1.807, 2.05) is 27.7 Å². The van der Waals surface area contributed by atoms with E-state index in [2.05, 4.69) is 10.9 Å². The molecular formula is C11H15NO3. The minimum Gasteiger partial charge on any atom is -0.309 e. The van der Waals surface area contributed by atoms with Crippen molar-refractivity contribution < 1.29 is 9.92 Å². The molecule has 82 valence electrons. The first-order valence-electron chi connectivity index (χ1n) is 4.77. The fourth-order valence-electron chi connectivity index (χ4n) is 1.63. The Kier molecular flexibility index (Phi) is 3.29. The van der Waals surface area contributed by atoms with Crippen molar-refractivity contribution in [3.63, 3.8) is 0 Å². The van der Waals surface area contributed by atoms with Crippen molar-refractivity contribution >= 4 is 0 Å². The zero-order valence-electron chi connectivity index (χ0n) is 9.46. The molecule has 0 aromatic heterocycles. The normalized spacial score (nSPS) is 10.1. The Morgan fingerprint density at radius 2 is 1.67 bits per heavy atom. The molecule has 0 N–H and O–H groups in total. The van der Waals surface area contributed by atoms with Gasteiger partial charge in [-0.1, -0.05) is 6.07 Å². The van der Waals surface area contributed by atoms with Gasteiger partial charge in [0.25, 0.3) is 5.09 Å². The highest BCUT2D eigenvalue weighted by molar-refractivity contribution is 5.43. The summed E-state index contributed by atoms with van der Waals surface area (Å²) >= 11 is 0. The Morgan fingerprint density at radius 1 is 1.20 bits per heavy atom. The molecule has 1 aromatic carbocycles. The molecule has 0 bridgehead atoms. The van der Waals surface area contributed by atoms with Crippen LogP contribution in [0.25, 0.3) is 0 Å². The van der Waals surface area contributed by atoms with E-state index in [1.54, 1.807) is 0 Å². The van der Waals surface area contributed by atoms with Crippen LogP contribution in [-0.2, 0) is 11.4 Å². The van der Waals surface area contributed by atoms with Crippen LogP contribution in [0.15, 0.2) is 6.07 Å². The van der Waals surface area contributed by atoms with E-state index in [9.17, 15) is 10.1 Å². The van der Waals surface area contributed by atoms with Crippen LogP contribution in [0.1, 0.15) is 27.8 Å². The average molecular weight is 209 g/mol. The number of rotatable bonds is 3. The number of hydrogen-bond donors (Lipinski definition) is 0. The standard InChI is InChI=1S/C11H15NO3/c1-7-5-8(2)10(4)11(9(7)3)6-15-12(13)14/h5H,6H2,1-4H3. The molecule has 1 rings (SSSR count). The molecule has 1 aromatic rings. The van der Waals surface area contributed by atoms with Crippen molar-refractivity contribution in [1.82, 2.24) is 0 Å². The van der Waals surface area contributed by atoms with E-state index in [4.69, 9.17) is 0 Å². The summed E-state index contributed by atoms with van der Waals surface area (Å²) in [5.41, 5.74) is 5.34. The lowest BCUT2D eigenvalue weighted by Crippen LogP contribution is -2.05. The van der Waals surface area contributed by atoms with Gasteiger partial charge in [0, 0.05) is 0 Å². The van der Waals surface area contributed by atoms with E-state index in [0.717, 1.165) is 27.8 Å². The number of aryl methyl sites for hydroxylation is 2. The van der Waals surface area contributed by atoms with Crippen molar-refractivity contribution in [2.45, 2.75) is 34.3 Å². The SMILES string of the molecule is Cc1cc(C)c(C)c(CO[N+](=O)[O-])c1C. The minimum absolute atomic E-state index is 0.0349. The predicted molar refractivity (Wildman–Crippen MR) is 57.2 cm³/mol. The highest BCUT2D eigenvalue weighted by Gasteiger charge is 2.09. The van der Waals surface area contributed by atoms with Crippen LogP contribution in [-0.4, -0.2) is 5.09 Å². The maximum absolute atomic E-state index is 10.1. The highest BCUT2D eigenvalue weighted by atomic mass is 16.9. The fourth-order valence-corrected chi connectivity index (χ4v) is 1.63. The molecular weight excluding hydrogens is 194 g/mol. The summed E-state index contributed by atoms with van der Waals surface area (Å²) in [6.07, 6.45) is 0. The van der Waals surface area contributed by atoms with E-state index in [0.29, 0.717) is 0 Å². The van der Waals surface area contributed by atoms with Crippen LogP contribution in [0, 0.1) is 37.8 Å². The summed E-state index contributed by atoms with van der Waals surface area (Å²) in [5, 5.41) is 9.39. The first-order valence-corrected chi connectivity index (χ1v) is 4.77. The molecule has 15 heavy (non-hydrogen) atoms. The summed E-state index contributed by atoms with van der Waals surface area (Å²) in [4.78, 5) is 14.6. The third-order valence-electron chi connectivity index (χ3n) is 2.84. The van der Waals surface area contributed by atoms with Crippen LogP contribution >= 0.6 is 0 Å². The van der Waals surface area contributed by atoms with Crippen molar-refractivity contribution in [3.05, 3.63) is 44.0 Å². The smallest absolute Gasteiger partial charge is 0.294 e. The molecule has 0 heterocycles. The molecule has 4 nitrogen and oxygen atoms in total.